The smallest absolute Gasteiger partial charge is 0.308 e. The lowest BCUT2D eigenvalue weighted by atomic mass is 9.99. The van der Waals surface area contributed by atoms with Gasteiger partial charge in [0.1, 0.15) is 6.54 Å². The molecule has 0 bridgehead atoms. The van der Waals surface area contributed by atoms with Crippen LogP contribution in [0.5, 0.6) is 0 Å². The first-order valence-electron chi connectivity index (χ1n) is 9.98. The zero-order chi connectivity index (χ0) is 23.8. The van der Waals surface area contributed by atoms with Gasteiger partial charge in [-0.1, -0.05) is 0 Å². The van der Waals surface area contributed by atoms with E-state index in [1.54, 1.807) is 6.92 Å². The highest BCUT2D eigenvalue weighted by Crippen LogP contribution is 2.29. The molecule has 0 radical (unpaired) electrons. The van der Waals surface area contributed by atoms with E-state index in [2.05, 4.69) is 5.92 Å². The normalized spacial score (nSPS) is 25.6. The summed E-state index contributed by atoms with van der Waals surface area (Å²) in [6.45, 7) is 6.23. The van der Waals surface area contributed by atoms with E-state index in [0.717, 1.165) is 13.8 Å². The largest absolute Gasteiger partial charge is 0.456 e. The van der Waals surface area contributed by atoms with Crippen molar-refractivity contribution in [3.8, 4) is 12.3 Å². The van der Waals surface area contributed by atoms with Crippen molar-refractivity contribution < 1.29 is 47.3 Å². The van der Waals surface area contributed by atoms with Crippen LogP contribution < -0.4 is 0 Å². The number of carbonyl (C=O) groups excluding carboxylic acids is 4. The Bertz CT molecular complexity index is 712. The summed E-state index contributed by atoms with van der Waals surface area (Å²) in [5.41, 5.74) is 0. The minimum absolute atomic E-state index is 0.0822. The first-order valence-corrected chi connectivity index (χ1v) is 9.98. The molecule has 0 amide bonds. The molecule has 174 valence electrons. The van der Waals surface area contributed by atoms with E-state index >= 15 is 0 Å². The average molecular weight is 442 g/mol. The summed E-state index contributed by atoms with van der Waals surface area (Å²) in [6.07, 6.45) is 0.230. The fourth-order valence-corrected chi connectivity index (χ4v) is 3.23. The Balaban J connectivity index is 2.94. The molecule has 5 atom stereocenters. The molecule has 1 rings (SSSR count). The highest BCUT2D eigenvalue weighted by Gasteiger charge is 2.52. The number of hydrogen-bond donors (Lipinski definition) is 0. The lowest BCUT2D eigenvalue weighted by molar-refractivity contribution is -0.883. The summed E-state index contributed by atoms with van der Waals surface area (Å²) in [6, 6.07) is 0. The van der Waals surface area contributed by atoms with E-state index < -0.39 is 54.6 Å². The zero-order valence-electron chi connectivity index (χ0n) is 18.9. The Morgan fingerprint density at radius 2 is 1.42 bits per heavy atom. The fraction of sp³-hybridized carbons (Fsp3) is 0.714. The molecule has 31 heavy (non-hydrogen) atoms. The summed E-state index contributed by atoms with van der Waals surface area (Å²) in [4.78, 5) is 47.2. The van der Waals surface area contributed by atoms with Crippen LogP contribution in [0.25, 0.3) is 0 Å². The monoisotopic (exact) mass is 442 g/mol. The van der Waals surface area contributed by atoms with Crippen molar-refractivity contribution in [2.24, 2.45) is 0 Å². The van der Waals surface area contributed by atoms with Crippen molar-refractivity contribution in [1.29, 1.82) is 0 Å². The van der Waals surface area contributed by atoms with E-state index in [0.29, 0.717) is 24.0 Å². The van der Waals surface area contributed by atoms with Gasteiger partial charge in [-0.15, -0.1) is 6.42 Å². The van der Waals surface area contributed by atoms with Gasteiger partial charge in [0.15, 0.2) is 12.2 Å². The van der Waals surface area contributed by atoms with Gasteiger partial charge in [0.05, 0.1) is 33.2 Å². The molecular formula is C21H32NO9+. The van der Waals surface area contributed by atoms with E-state index in [1.807, 2.05) is 14.1 Å². The van der Waals surface area contributed by atoms with Crippen LogP contribution in [0, 0.1) is 12.3 Å². The standard InChI is InChI=1S/C21H32NO9/c1-8-11-22(6,7)12-9-10-17(26)31-21-20(30-16(5)25)19(29-15(4)24)18(13(2)27-21)28-14(3)23/h1,13,18-21H,9-12H2,2-7H3/q+1/t13-,18+,19+,20-,21?/m0/s1. The number of terminal acetylenes is 1. The van der Waals surface area contributed by atoms with Crippen LogP contribution in [-0.2, 0) is 42.9 Å². The molecule has 1 fully saturated rings. The summed E-state index contributed by atoms with van der Waals surface area (Å²) in [7, 11) is 3.90. The molecule has 10 heteroatoms. The van der Waals surface area contributed by atoms with Gasteiger partial charge in [0.2, 0.25) is 12.4 Å². The fourth-order valence-electron chi connectivity index (χ4n) is 3.23. The molecular weight excluding hydrogens is 410 g/mol. The minimum atomic E-state index is -1.34. The molecule has 0 aromatic heterocycles. The van der Waals surface area contributed by atoms with Gasteiger partial charge in [-0.05, 0) is 12.8 Å². The van der Waals surface area contributed by atoms with Crippen molar-refractivity contribution in [1.82, 2.24) is 0 Å². The maximum atomic E-state index is 12.4. The number of quaternary nitrogens is 1. The van der Waals surface area contributed by atoms with Gasteiger partial charge in [0, 0.05) is 27.2 Å². The molecule has 0 spiro atoms. The van der Waals surface area contributed by atoms with Gasteiger partial charge in [-0.3, -0.25) is 19.2 Å². The van der Waals surface area contributed by atoms with Crippen molar-refractivity contribution in [2.45, 2.75) is 71.2 Å². The second-order valence-corrected chi connectivity index (χ2v) is 8.05. The maximum Gasteiger partial charge on any atom is 0.308 e. The lowest BCUT2D eigenvalue weighted by Gasteiger charge is -2.42. The molecule has 1 aliphatic rings. The third-order valence-corrected chi connectivity index (χ3v) is 4.54. The SMILES string of the molecule is C#CC[N+](C)(C)CCCC(=O)OC1O[C@@H](C)[C@@H](OC(C)=O)[C@@H](OC(C)=O)[C@@H]1OC(C)=O. The highest BCUT2D eigenvalue weighted by molar-refractivity contribution is 5.70. The Morgan fingerprint density at radius 3 is 1.94 bits per heavy atom. The third-order valence-electron chi connectivity index (χ3n) is 4.54. The molecule has 0 saturated carbocycles. The third kappa shape index (κ3) is 8.94. The Morgan fingerprint density at radius 1 is 0.903 bits per heavy atom. The molecule has 0 aliphatic carbocycles. The Kier molecular flexibility index (Phi) is 9.94. The van der Waals surface area contributed by atoms with Crippen molar-refractivity contribution in [3.05, 3.63) is 0 Å². The van der Waals surface area contributed by atoms with E-state index in [1.165, 1.54) is 6.92 Å². The van der Waals surface area contributed by atoms with Gasteiger partial charge in [-0.2, -0.15) is 0 Å². The number of nitrogens with zero attached hydrogens (tertiary/aromatic N) is 1. The number of rotatable bonds is 9. The van der Waals surface area contributed by atoms with Crippen LogP contribution in [0.2, 0.25) is 0 Å². The van der Waals surface area contributed by atoms with E-state index in [9.17, 15) is 19.2 Å². The molecule has 0 aromatic rings. The van der Waals surface area contributed by atoms with Crippen molar-refractivity contribution in [3.63, 3.8) is 0 Å². The van der Waals surface area contributed by atoms with Crippen LogP contribution in [0.1, 0.15) is 40.5 Å². The van der Waals surface area contributed by atoms with Gasteiger partial charge >= 0.3 is 23.9 Å². The summed E-state index contributed by atoms with van der Waals surface area (Å²) in [5, 5.41) is 0. The van der Waals surface area contributed by atoms with Crippen molar-refractivity contribution in [2.75, 3.05) is 27.2 Å². The molecule has 0 aromatic carbocycles. The van der Waals surface area contributed by atoms with E-state index in [4.69, 9.17) is 30.1 Å². The second kappa shape index (κ2) is 11.7. The molecule has 10 nitrogen and oxygen atoms in total. The van der Waals surface area contributed by atoms with Crippen LogP contribution >= 0.6 is 0 Å². The molecule has 1 unspecified atom stereocenters. The lowest BCUT2D eigenvalue weighted by Crippen LogP contribution is -2.61. The summed E-state index contributed by atoms with van der Waals surface area (Å²) >= 11 is 0. The number of ether oxygens (including phenoxy) is 5. The molecule has 1 aliphatic heterocycles. The molecule has 1 saturated heterocycles. The number of hydrogen-bond acceptors (Lipinski definition) is 9. The quantitative estimate of drug-likeness (QED) is 0.219. The summed E-state index contributed by atoms with van der Waals surface area (Å²) < 4.78 is 27.3. The van der Waals surface area contributed by atoms with Crippen LogP contribution in [0.15, 0.2) is 0 Å². The first kappa shape index (κ1) is 26.4. The van der Waals surface area contributed by atoms with Gasteiger partial charge in [0.25, 0.3) is 0 Å². The average Bonchev–Trinajstić information content (AvgIpc) is 2.60. The predicted octanol–water partition coefficient (Wildman–Crippen LogP) is 0.559. The maximum absolute atomic E-state index is 12.4. The zero-order valence-corrected chi connectivity index (χ0v) is 18.9. The van der Waals surface area contributed by atoms with Gasteiger partial charge < -0.3 is 28.2 Å². The summed E-state index contributed by atoms with van der Waals surface area (Å²) in [5.74, 6) is -0.0286. The molecule has 0 N–H and O–H groups in total. The van der Waals surface area contributed by atoms with E-state index in [-0.39, 0.29) is 6.42 Å². The number of carbonyl (C=O) groups is 4. The van der Waals surface area contributed by atoms with Crippen LogP contribution in [0.3, 0.4) is 0 Å². The predicted molar refractivity (Wildman–Crippen MR) is 107 cm³/mol. The number of esters is 4. The minimum Gasteiger partial charge on any atom is -0.456 e. The molecule has 1 heterocycles. The Labute approximate surface area is 182 Å². The topological polar surface area (TPSA) is 114 Å². The van der Waals surface area contributed by atoms with Crippen molar-refractivity contribution >= 4 is 23.9 Å². The second-order valence-electron chi connectivity index (χ2n) is 8.05. The van der Waals surface area contributed by atoms with Gasteiger partial charge in [-0.25, -0.2) is 0 Å². The highest BCUT2D eigenvalue weighted by atomic mass is 16.7. The van der Waals surface area contributed by atoms with Crippen LogP contribution in [0.4, 0.5) is 0 Å². The van der Waals surface area contributed by atoms with Crippen LogP contribution in [-0.4, -0.2) is 86.3 Å². The first-order chi connectivity index (χ1) is 14.4. The Hall–Kier alpha value is -2.64.